The number of anilines is 2. The van der Waals surface area contributed by atoms with Gasteiger partial charge < -0.3 is 51.4 Å². The number of carbonyl (C=O) groups excluding carboxylic acids is 2. The number of aldehydes is 2. The second kappa shape index (κ2) is 23.3. The number of amidine groups is 1. The van der Waals surface area contributed by atoms with Crippen LogP contribution in [-0.4, -0.2) is 139 Å². The first-order chi connectivity index (χ1) is 29.7. The molecule has 1 unspecified atom stereocenters. The van der Waals surface area contributed by atoms with Crippen LogP contribution in [0.3, 0.4) is 0 Å². The number of pyridine rings is 1. The summed E-state index contributed by atoms with van der Waals surface area (Å²) in [5, 5.41) is 29.9. The molecule has 2 saturated heterocycles. The summed E-state index contributed by atoms with van der Waals surface area (Å²) in [6.07, 6.45) is 14.5. The van der Waals surface area contributed by atoms with Gasteiger partial charge in [0.2, 0.25) is 12.0 Å². The van der Waals surface area contributed by atoms with Crippen molar-refractivity contribution < 1.29 is 29.4 Å². The van der Waals surface area contributed by atoms with E-state index in [2.05, 4.69) is 44.1 Å². The molecule has 3 aliphatic heterocycles. The quantitative estimate of drug-likeness (QED) is 0.0240. The first-order valence-corrected chi connectivity index (χ1v) is 21.2. The summed E-state index contributed by atoms with van der Waals surface area (Å²) in [5.41, 5.74) is 17.6. The predicted molar refractivity (Wildman–Crippen MR) is 247 cm³/mol. The predicted octanol–water partition coefficient (Wildman–Crippen LogP) is 3.37. The molecule has 3 aromatic rings. The largest absolute Gasteiger partial charge is 0.513 e. The van der Waals surface area contributed by atoms with Gasteiger partial charge >= 0.3 is 0 Å². The molecule has 332 valence electrons. The molecular weight excluding hydrogens is 784 g/mol. The number of hydrogen-bond acceptors (Lipinski definition) is 13. The third-order valence-corrected chi connectivity index (χ3v) is 11.3. The van der Waals surface area contributed by atoms with Crippen molar-refractivity contribution in [3.63, 3.8) is 0 Å². The van der Waals surface area contributed by atoms with Crippen LogP contribution in [0.15, 0.2) is 71.3 Å². The van der Waals surface area contributed by atoms with E-state index in [1.54, 1.807) is 39.5 Å². The molecule has 62 heavy (non-hydrogen) atoms. The van der Waals surface area contributed by atoms with Crippen molar-refractivity contribution in [2.45, 2.75) is 75.3 Å². The maximum Gasteiger partial charge on any atom is 0.297 e. The second-order valence-corrected chi connectivity index (χ2v) is 16.1. The minimum absolute atomic E-state index is 0.00758. The van der Waals surface area contributed by atoms with Gasteiger partial charge in [0.1, 0.15) is 18.4 Å². The molecule has 2 saturated carbocycles. The molecule has 0 amide bonds. The Morgan fingerprint density at radius 2 is 1.69 bits per heavy atom. The minimum atomic E-state index is -1.51. The van der Waals surface area contributed by atoms with Gasteiger partial charge in [-0.3, -0.25) is 19.7 Å². The number of likely N-dealkylation sites (tertiary alicyclic amines) is 2. The normalized spacial score (nSPS) is 19.0. The monoisotopic (exact) mass is 851 g/mol. The van der Waals surface area contributed by atoms with Gasteiger partial charge in [-0.25, -0.2) is 0 Å². The SMILES string of the molecule is CN1CCCC1.CNC1CC1.COC.O=CC1CC1.[B]C([B])(c1cccc(C=O)[n+]1O)N1CC(n2ncc3c2C(CC)N(C)c2c(NC(=C/C(N)=NC)/C(N)=C\O)cccc2-3)C1. The first kappa shape index (κ1) is 49.5. The zero-order chi connectivity index (χ0) is 45.6. The number of aliphatic hydroxyl groups excluding tert-OH is 1. The van der Waals surface area contributed by atoms with Gasteiger partial charge in [-0.2, -0.15) is 5.10 Å². The number of nitrogens with one attached hydrogen (secondary N) is 2. The van der Waals surface area contributed by atoms with Gasteiger partial charge in [0.15, 0.2) is 0 Å². The molecular formula is C44H66B2N11O5+. The van der Waals surface area contributed by atoms with E-state index >= 15 is 0 Å². The summed E-state index contributed by atoms with van der Waals surface area (Å²) < 4.78 is 7.02. The van der Waals surface area contributed by atoms with Crippen LogP contribution in [0.25, 0.3) is 11.1 Å². The summed E-state index contributed by atoms with van der Waals surface area (Å²) in [4.78, 5) is 31.3. The first-order valence-electron chi connectivity index (χ1n) is 21.2. The highest BCUT2D eigenvalue weighted by atomic mass is 16.5. The Labute approximate surface area is 369 Å². The molecule has 0 bridgehead atoms. The van der Waals surface area contributed by atoms with Gasteiger partial charge in [-0.05, 0) is 84.3 Å². The molecule has 1 atom stereocenters. The van der Waals surface area contributed by atoms with Crippen LogP contribution in [0.4, 0.5) is 11.4 Å². The van der Waals surface area contributed by atoms with Crippen LogP contribution in [-0.2, 0) is 14.9 Å². The van der Waals surface area contributed by atoms with Crippen LogP contribution >= 0.6 is 0 Å². The number of fused-ring (bicyclic) bond motifs is 3. The number of methoxy groups -OCH3 is 1. The minimum Gasteiger partial charge on any atom is -0.513 e. The highest BCUT2D eigenvalue weighted by molar-refractivity contribution is 6.39. The fourth-order valence-electron chi connectivity index (χ4n) is 7.33. The number of aliphatic imine (C=N–C) groups is 1. The fourth-order valence-corrected chi connectivity index (χ4v) is 7.33. The Kier molecular flexibility index (Phi) is 18.6. The molecule has 0 spiro atoms. The van der Waals surface area contributed by atoms with Crippen molar-refractivity contribution in [2.24, 2.45) is 22.4 Å². The number of benzene rings is 1. The lowest BCUT2D eigenvalue weighted by atomic mass is 9.57. The average molecular weight is 851 g/mol. The number of aliphatic hydroxyl groups is 1. The van der Waals surface area contributed by atoms with Crippen LogP contribution in [0.1, 0.15) is 85.8 Å². The van der Waals surface area contributed by atoms with E-state index in [9.17, 15) is 19.9 Å². The Morgan fingerprint density at radius 1 is 1.05 bits per heavy atom. The molecule has 2 aromatic heterocycles. The Balaban J connectivity index is 0.000000363. The Morgan fingerprint density at radius 3 is 2.16 bits per heavy atom. The zero-order valence-electron chi connectivity index (χ0n) is 37.5. The van der Waals surface area contributed by atoms with Gasteiger partial charge in [-0.15, -0.1) is 0 Å². The molecule has 18 heteroatoms. The number of nitrogens with zero attached hydrogens (tertiary/aromatic N) is 7. The lowest BCUT2D eigenvalue weighted by molar-refractivity contribution is -0.911. The summed E-state index contributed by atoms with van der Waals surface area (Å²) in [6.45, 7) is 5.74. The average Bonchev–Trinajstić information content (AvgIpc) is 4.19. The molecule has 4 fully saturated rings. The molecule has 8 N–H and O–H groups in total. The van der Waals surface area contributed by atoms with Gasteiger partial charge in [0.05, 0.1) is 62.4 Å². The van der Waals surface area contributed by atoms with Crippen molar-refractivity contribution in [3.05, 3.63) is 83.4 Å². The number of carbonyl (C=O) groups is 2. The smallest absolute Gasteiger partial charge is 0.297 e. The van der Waals surface area contributed by atoms with E-state index < -0.39 is 5.34 Å². The third-order valence-electron chi connectivity index (χ3n) is 11.3. The molecule has 16 nitrogen and oxygen atoms in total. The van der Waals surface area contributed by atoms with Gasteiger partial charge in [0, 0.05) is 92.8 Å². The van der Waals surface area contributed by atoms with Crippen molar-refractivity contribution in [1.82, 2.24) is 24.9 Å². The van der Waals surface area contributed by atoms with Crippen molar-refractivity contribution in [2.75, 3.05) is 78.8 Å². The van der Waals surface area contributed by atoms with E-state index in [0.29, 0.717) is 31.0 Å². The number of ether oxygens (including phenoxy) is 1. The summed E-state index contributed by atoms with van der Waals surface area (Å²) in [6, 6.07) is 11.5. The standard InChI is InChI=1S/C29H33B2N9O3.C5H11N.C4H9N.C4H6O.C2H6O/c1-4-24-28-20(19-8-6-9-22(27(19)37(24)3)36-23(21(32)16-42)11-26(33)34-2)12-35-39(28)18-13-38(14-18)29(30,31)25-10-5-7-17(15-41)40(25)43;1-6-4-2-3-5-6;1-5-4-2-3-4;5-3-4-1-2-4;1-3-2/h5-12,15-16,18,24,32,43H,4,13-14H2,1-3H3,(H4,33,34,36,41);2-5H2,1H3;4-5H,2-3H2,1H3;3-4H,1-2H2;1-2H3/p+1. The van der Waals surface area contributed by atoms with Crippen molar-refractivity contribution in [3.8, 4) is 11.1 Å². The Hall–Kier alpha value is -5.16. The van der Waals surface area contributed by atoms with E-state index in [1.807, 2.05) is 48.1 Å². The highest BCUT2D eigenvalue weighted by Crippen LogP contribution is 2.50. The number of nitrogens with two attached hydrogens (primary N) is 2. The van der Waals surface area contributed by atoms with Crippen LogP contribution in [0, 0.1) is 5.92 Å². The highest BCUT2D eigenvalue weighted by Gasteiger charge is 2.46. The second-order valence-electron chi connectivity index (χ2n) is 16.1. The maximum absolute atomic E-state index is 11.3. The van der Waals surface area contributed by atoms with Gasteiger partial charge in [0.25, 0.3) is 5.69 Å². The van der Waals surface area contributed by atoms with Crippen LogP contribution < -0.4 is 31.7 Å². The molecule has 5 heterocycles. The molecule has 8 rings (SSSR count). The van der Waals surface area contributed by atoms with E-state index in [-0.39, 0.29) is 35.0 Å². The molecule has 4 radical (unpaired) electrons. The summed E-state index contributed by atoms with van der Waals surface area (Å²) >= 11 is 0. The lowest BCUT2D eigenvalue weighted by Gasteiger charge is -2.49. The third kappa shape index (κ3) is 12.5. The molecule has 1 aromatic carbocycles. The number of para-hydroxylation sites is 1. The van der Waals surface area contributed by atoms with Crippen LogP contribution in [0.5, 0.6) is 0 Å². The number of hydrogen-bond donors (Lipinski definition) is 6. The zero-order valence-corrected chi connectivity index (χ0v) is 37.5. The summed E-state index contributed by atoms with van der Waals surface area (Å²) in [5.74, 6) is 0.703. The topological polar surface area (TPSA) is 204 Å². The van der Waals surface area contributed by atoms with Crippen molar-refractivity contribution in [1.29, 1.82) is 0 Å². The lowest BCUT2D eigenvalue weighted by Crippen LogP contribution is -2.63. The molecule has 2 aliphatic carbocycles. The van der Waals surface area contributed by atoms with Gasteiger partial charge in [-0.1, -0.05) is 19.1 Å². The van der Waals surface area contributed by atoms with E-state index in [4.69, 9.17) is 32.3 Å². The Bertz CT molecular complexity index is 2020. The van der Waals surface area contributed by atoms with E-state index in [0.717, 1.165) is 70.8 Å². The van der Waals surface area contributed by atoms with Crippen LogP contribution in [0.2, 0.25) is 0 Å². The van der Waals surface area contributed by atoms with Crippen molar-refractivity contribution >= 4 is 45.5 Å². The maximum atomic E-state index is 11.3. The summed E-state index contributed by atoms with van der Waals surface area (Å²) in [7, 11) is 24.0. The van der Waals surface area contributed by atoms with E-state index in [1.165, 1.54) is 44.8 Å². The number of aromatic nitrogens is 3. The molecule has 5 aliphatic rings. The fraction of sp³-hybridized carbons (Fsp3) is 0.523. The number of rotatable bonds is 11.